The molecule has 0 aromatic heterocycles. The van der Waals surface area contributed by atoms with Crippen molar-refractivity contribution >= 4 is 45.3 Å². The second-order valence-corrected chi connectivity index (χ2v) is 12.2. The average Bonchev–Trinajstić information content (AvgIpc) is 2.72. The molecule has 1 aromatic rings. The number of carbonyl (C=O) groups is 4. The highest BCUT2D eigenvalue weighted by molar-refractivity contribution is 7.89. The number of hydrogen-bond donors (Lipinski definition) is 3. The van der Waals surface area contributed by atoms with Crippen LogP contribution in [0.1, 0.15) is 59.9 Å². The van der Waals surface area contributed by atoms with Gasteiger partial charge in [-0.05, 0) is 50.3 Å². The molecule has 0 aliphatic heterocycles. The number of ether oxygens (including phenoxy) is 1. The molecule has 1 rings (SSSR count). The maximum absolute atomic E-state index is 13.3. The second kappa shape index (κ2) is 12.5. The number of esters is 1. The molecular weight excluding hydrogens is 510 g/mol. The smallest absolute Gasteiger partial charge is 0.328 e. The Hall–Kier alpha value is -2.66. The molecule has 2 atom stereocenters. The predicted octanol–water partition coefficient (Wildman–Crippen LogP) is 2.05. The third-order valence-electron chi connectivity index (χ3n) is 5.38. The third kappa shape index (κ3) is 9.77. The summed E-state index contributed by atoms with van der Waals surface area (Å²) in [5.74, 6) is -2.67. The zero-order valence-electron chi connectivity index (χ0n) is 21.7. The topological polar surface area (TPSA) is 148 Å². The fourth-order valence-electron chi connectivity index (χ4n) is 3.26. The molecule has 12 heteroatoms. The third-order valence-corrected chi connectivity index (χ3v) is 6.23. The highest BCUT2D eigenvalue weighted by Crippen LogP contribution is 2.27. The minimum atomic E-state index is -3.77. The molecule has 202 valence electrons. The molecule has 0 aliphatic carbocycles. The van der Waals surface area contributed by atoms with Gasteiger partial charge in [-0.25, -0.2) is 13.2 Å². The monoisotopic (exact) mass is 545 g/mol. The lowest BCUT2D eigenvalue weighted by molar-refractivity contribution is -0.148. The van der Waals surface area contributed by atoms with Crippen LogP contribution in [0.3, 0.4) is 0 Å². The molecule has 10 nitrogen and oxygen atoms in total. The van der Waals surface area contributed by atoms with Crippen LogP contribution in [0.4, 0.5) is 0 Å². The summed E-state index contributed by atoms with van der Waals surface area (Å²) in [6.07, 6.45) is 0.275. The van der Waals surface area contributed by atoms with Crippen molar-refractivity contribution in [2.24, 2.45) is 5.41 Å². The Kier molecular flexibility index (Phi) is 10.9. The molecule has 3 N–H and O–H groups in total. The SMILES string of the molecule is CCOC(=O)[C@@H](CCC(=O)NS(C)(=O)=O)NC(=O)[C@@H](NC(=O)C(C)(C)c1ccc(Cl)cc1)C(C)(C)C. The summed E-state index contributed by atoms with van der Waals surface area (Å²) in [5, 5.41) is 5.87. The summed E-state index contributed by atoms with van der Waals surface area (Å²) in [4.78, 5) is 50.9. The number of benzene rings is 1. The largest absolute Gasteiger partial charge is 0.464 e. The van der Waals surface area contributed by atoms with E-state index in [1.54, 1.807) is 65.8 Å². The molecule has 1 aromatic carbocycles. The zero-order valence-corrected chi connectivity index (χ0v) is 23.3. The first-order chi connectivity index (χ1) is 16.4. The lowest BCUT2D eigenvalue weighted by Crippen LogP contribution is -2.59. The number of nitrogens with one attached hydrogen (secondary N) is 3. The Bertz CT molecular complexity index is 1060. The molecule has 0 saturated carbocycles. The molecule has 0 unspecified atom stereocenters. The number of carbonyl (C=O) groups excluding carboxylic acids is 4. The van der Waals surface area contributed by atoms with Gasteiger partial charge >= 0.3 is 5.97 Å². The Morgan fingerprint density at radius 1 is 1.00 bits per heavy atom. The van der Waals surface area contributed by atoms with Crippen LogP contribution in [-0.4, -0.2) is 57.1 Å². The van der Waals surface area contributed by atoms with Crippen molar-refractivity contribution in [2.45, 2.75) is 71.9 Å². The molecule has 0 heterocycles. The molecule has 36 heavy (non-hydrogen) atoms. The van der Waals surface area contributed by atoms with Gasteiger partial charge in [-0.3, -0.25) is 19.1 Å². The Morgan fingerprint density at radius 3 is 2.03 bits per heavy atom. The van der Waals surface area contributed by atoms with Crippen LogP contribution in [0.15, 0.2) is 24.3 Å². The normalized spacial score (nSPS) is 13.8. The number of halogens is 1. The van der Waals surface area contributed by atoms with Gasteiger partial charge in [-0.1, -0.05) is 44.5 Å². The Morgan fingerprint density at radius 2 is 1.56 bits per heavy atom. The van der Waals surface area contributed by atoms with E-state index in [4.69, 9.17) is 16.3 Å². The van der Waals surface area contributed by atoms with Crippen LogP contribution in [0.5, 0.6) is 0 Å². The standard InChI is InChI=1S/C24H36ClN3O7S/c1-8-35-21(31)17(13-14-18(29)28-36(7,33)34)26-20(30)19(23(2,3)4)27-22(32)24(5,6)15-9-11-16(25)12-10-15/h9-12,17,19H,8,13-14H2,1-7H3,(H,26,30)(H,27,32)(H,28,29)/t17-,19-/m1/s1. The first-order valence-corrected chi connectivity index (χ1v) is 13.7. The summed E-state index contributed by atoms with van der Waals surface area (Å²) < 4.78 is 29.3. The summed E-state index contributed by atoms with van der Waals surface area (Å²) >= 11 is 5.95. The van der Waals surface area contributed by atoms with Gasteiger partial charge in [0, 0.05) is 11.4 Å². The van der Waals surface area contributed by atoms with Crippen molar-refractivity contribution in [3.63, 3.8) is 0 Å². The van der Waals surface area contributed by atoms with Crippen LogP contribution in [0, 0.1) is 5.41 Å². The van der Waals surface area contributed by atoms with Crippen LogP contribution in [0.25, 0.3) is 0 Å². The molecule has 0 spiro atoms. The van der Waals surface area contributed by atoms with Crippen molar-refractivity contribution in [1.82, 2.24) is 15.4 Å². The van der Waals surface area contributed by atoms with Crippen molar-refractivity contribution in [3.8, 4) is 0 Å². The lowest BCUT2D eigenvalue weighted by atomic mass is 9.81. The summed E-state index contributed by atoms with van der Waals surface area (Å²) in [6, 6.07) is 4.53. The summed E-state index contributed by atoms with van der Waals surface area (Å²) in [6.45, 7) is 10.3. The molecule has 3 amide bonds. The summed E-state index contributed by atoms with van der Waals surface area (Å²) in [5.41, 5.74) is -1.06. The van der Waals surface area contributed by atoms with E-state index in [1.165, 1.54) is 0 Å². The van der Waals surface area contributed by atoms with Gasteiger partial charge in [0.05, 0.1) is 18.3 Å². The second-order valence-electron chi connectivity index (χ2n) is 10.1. The van der Waals surface area contributed by atoms with E-state index in [1.807, 2.05) is 4.72 Å². The van der Waals surface area contributed by atoms with E-state index in [0.717, 1.165) is 6.26 Å². The van der Waals surface area contributed by atoms with Gasteiger partial charge in [0.25, 0.3) is 0 Å². The first-order valence-electron chi connectivity index (χ1n) is 11.4. The molecule has 0 radical (unpaired) electrons. The molecule has 0 aliphatic rings. The van der Waals surface area contributed by atoms with E-state index >= 15 is 0 Å². The minimum Gasteiger partial charge on any atom is -0.464 e. The van der Waals surface area contributed by atoms with Gasteiger partial charge in [0.2, 0.25) is 27.7 Å². The van der Waals surface area contributed by atoms with Gasteiger partial charge in [0.1, 0.15) is 12.1 Å². The molecule has 0 saturated heterocycles. The fraction of sp³-hybridized carbons (Fsp3) is 0.583. The van der Waals surface area contributed by atoms with Crippen LogP contribution in [-0.2, 0) is 39.4 Å². The number of hydrogen-bond acceptors (Lipinski definition) is 7. The Balaban J connectivity index is 3.09. The fourth-order valence-corrected chi connectivity index (χ4v) is 3.91. The highest BCUT2D eigenvalue weighted by Gasteiger charge is 2.39. The minimum absolute atomic E-state index is 0.0372. The van der Waals surface area contributed by atoms with E-state index < -0.39 is 56.6 Å². The van der Waals surface area contributed by atoms with E-state index in [9.17, 15) is 27.6 Å². The first kappa shape index (κ1) is 31.4. The van der Waals surface area contributed by atoms with E-state index in [2.05, 4.69) is 10.6 Å². The van der Waals surface area contributed by atoms with Crippen molar-refractivity contribution < 1.29 is 32.3 Å². The van der Waals surface area contributed by atoms with E-state index in [-0.39, 0.29) is 19.4 Å². The average molecular weight is 546 g/mol. The van der Waals surface area contributed by atoms with Crippen molar-refractivity contribution in [1.29, 1.82) is 0 Å². The van der Waals surface area contributed by atoms with Gasteiger partial charge in [-0.2, -0.15) is 0 Å². The molecule has 0 bridgehead atoms. The van der Waals surface area contributed by atoms with Crippen molar-refractivity contribution in [2.75, 3.05) is 12.9 Å². The molecular formula is C24H36ClN3O7S. The zero-order chi connectivity index (χ0) is 27.9. The lowest BCUT2D eigenvalue weighted by Gasteiger charge is -2.34. The van der Waals surface area contributed by atoms with E-state index in [0.29, 0.717) is 10.6 Å². The highest BCUT2D eigenvalue weighted by atomic mass is 35.5. The number of sulfonamides is 1. The number of amides is 3. The van der Waals surface area contributed by atoms with Crippen LogP contribution in [0.2, 0.25) is 5.02 Å². The molecule has 0 fully saturated rings. The van der Waals surface area contributed by atoms with Gasteiger partial charge in [-0.15, -0.1) is 0 Å². The Labute approximate surface area is 217 Å². The maximum atomic E-state index is 13.3. The van der Waals surface area contributed by atoms with Gasteiger partial charge in [0.15, 0.2) is 0 Å². The van der Waals surface area contributed by atoms with Crippen molar-refractivity contribution in [3.05, 3.63) is 34.9 Å². The van der Waals surface area contributed by atoms with Gasteiger partial charge < -0.3 is 15.4 Å². The summed E-state index contributed by atoms with van der Waals surface area (Å²) in [7, 11) is -3.77. The quantitative estimate of drug-likeness (QED) is 0.360. The number of rotatable bonds is 11. The van der Waals surface area contributed by atoms with Crippen LogP contribution < -0.4 is 15.4 Å². The maximum Gasteiger partial charge on any atom is 0.328 e. The predicted molar refractivity (Wildman–Crippen MR) is 137 cm³/mol. The van der Waals surface area contributed by atoms with Crippen LogP contribution >= 0.6 is 11.6 Å².